The van der Waals surface area contributed by atoms with E-state index in [1.165, 1.54) is 25.9 Å². The fourth-order valence-electron chi connectivity index (χ4n) is 2.58. The van der Waals surface area contributed by atoms with Crippen molar-refractivity contribution >= 4 is 5.97 Å². The van der Waals surface area contributed by atoms with Crippen LogP contribution in [0.4, 0.5) is 0 Å². The second-order valence-corrected chi connectivity index (χ2v) is 7.04. The maximum Gasteiger partial charge on any atom is 0.314 e. The van der Waals surface area contributed by atoms with Gasteiger partial charge < -0.3 is 13.7 Å². The molecule has 4 heteroatoms. The molecule has 0 amide bonds. The summed E-state index contributed by atoms with van der Waals surface area (Å²) in [5.74, 6) is -0.0183. The van der Waals surface area contributed by atoms with Crippen molar-refractivity contribution in [3.63, 3.8) is 0 Å². The van der Waals surface area contributed by atoms with E-state index < -0.39 is 0 Å². The average molecular weight is 258 g/mol. The lowest BCUT2D eigenvalue weighted by Gasteiger charge is -2.31. The fraction of sp³-hybridized carbons (Fsp3) is 0.929. The van der Waals surface area contributed by atoms with E-state index in [1.54, 1.807) is 0 Å². The van der Waals surface area contributed by atoms with Crippen LogP contribution in [0, 0.1) is 5.92 Å². The first kappa shape index (κ1) is 15.4. The second-order valence-electron chi connectivity index (χ2n) is 7.04. The Morgan fingerprint density at radius 1 is 1.28 bits per heavy atom. The number of carbonyl (C=O) groups excluding carboxylic acids is 1. The SMILES string of the molecule is CC(C[N+]1(C)CCCC1)C(=O)OCC[N+](C)(C)C. The van der Waals surface area contributed by atoms with E-state index in [9.17, 15) is 4.79 Å². The molecule has 0 aromatic rings. The molecule has 4 nitrogen and oxygen atoms in total. The smallest absolute Gasteiger partial charge is 0.314 e. The minimum atomic E-state index is -0.0327. The zero-order chi connectivity index (χ0) is 13.8. The normalized spacial score (nSPS) is 20.7. The van der Waals surface area contributed by atoms with Gasteiger partial charge in [0.1, 0.15) is 19.1 Å². The third kappa shape index (κ3) is 5.36. The summed E-state index contributed by atoms with van der Waals surface area (Å²) in [6.07, 6.45) is 2.58. The molecule has 0 spiro atoms. The molecule has 0 N–H and O–H groups in total. The van der Waals surface area contributed by atoms with Crippen LogP contribution >= 0.6 is 0 Å². The van der Waals surface area contributed by atoms with Gasteiger partial charge in [0.15, 0.2) is 0 Å². The van der Waals surface area contributed by atoms with Crippen LogP contribution in [0.2, 0.25) is 0 Å². The first-order valence-corrected chi connectivity index (χ1v) is 7.02. The van der Waals surface area contributed by atoms with E-state index in [2.05, 4.69) is 28.2 Å². The van der Waals surface area contributed by atoms with Crippen LogP contribution in [0.1, 0.15) is 19.8 Å². The van der Waals surface area contributed by atoms with Crippen LogP contribution < -0.4 is 0 Å². The number of rotatable bonds is 6. The number of likely N-dealkylation sites (N-methyl/N-ethyl adjacent to an activating group) is 1. The fourth-order valence-corrected chi connectivity index (χ4v) is 2.58. The highest BCUT2D eigenvalue weighted by Crippen LogP contribution is 2.19. The first-order chi connectivity index (χ1) is 8.22. The minimum absolute atomic E-state index is 0.0144. The predicted octanol–water partition coefficient (Wildman–Crippen LogP) is 1.11. The number of ether oxygens (including phenoxy) is 1. The van der Waals surface area contributed by atoms with Gasteiger partial charge in [-0.25, -0.2) is 0 Å². The van der Waals surface area contributed by atoms with Gasteiger partial charge in [-0.1, -0.05) is 0 Å². The van der Waals surface area contributed by atoms with Crippen molar-refractivity contribution < 1.29 is 18.5 Å². The molecular formula is C14H30N2O2+2. The standard InChI is InChI=1S/C14H30N2O2/c1-13(12-16(5)8-6-7-9-16)14(17)18-11-10-15(2,3)4/h13H,6-12H2,1-5H3/q+2. The van der Waals surface area contributed by atoms with E-state index in [-0.39, 0.29) is 11.9 Å². The Kier molecular flexibility index (Phi) is 5.17. The summed E-state index contributed by atoms with van der Waals surface area (Å²) in [5.41, 5.74) is 0. The third-order valence-corrected chi connectivity index (χ3v) is 3.77. The monoisotopic (exact) mass is 258 g/mol. The van der Waals surface area contributed by atoms with Gasteiger partial charge in [-0.05, 0) is 6.92 Å². The summed E-state index contributed by atoms with van der Waals surface area (Å²) < 4.78 is 7.23. The third-order valence-electron chi connectivity index (χ3n) is 3.77. The number of nitrogens with zero attached hydrogens (tertiary/aromatic N) is 2. The molecule has 0 saturated carbocycles. The lowest BCUT2D eigenvalue weighted by atomic mass is 10.1. The van der Waals surface area contributed by atoms with Gasteiger partial charge in [-0.15, -0.1) is 0 Å². The van der Waals surface area contributed by atoms with Crippen LogP contribution in [0.3, 0.4) is 0 Å². The quantitative estimate of drug-likeness (QED) is 0.527. The summed E-state index contributed by atoms with van der Waals surface area (Å²) in [6, 6.07) is 0. The summed E-state index contributed by atoms with van der Waals surface area (Å²) in [4.78, 5) is 11.9. The molecule has 0 radical (unpaired) electrons. The van der Waals surface area contributed by atoms with Crippen molar-refractivity contribution in [2.45, 2.75) is 19.8 Å². The van der Waals surface area contributed by atoms with E-state index in [0.29, 0.717) is 6.61 Å². The maximum atomic E-state index is 11.9. The number of carbonyl (C=O) groups is 1. The Labute approximate surface area is 112 Å². The summed E-state index contributed by atoms with van der Waals surface area (Å²) in [6.45, 7) is 6.72. The highest BCUT2D eigenvalue weighted by Gasteiger charge is 2.31. The molecular weight excluding hydrogens is 228 g/mol. The van der Waals surface area contributed by atoms with E-state index >= 15 is 0 Å². The van der Waals surface area contributed by atoms with E-state index in [1.807, 2.05) is 6.92 Å². The molecule has 1 saturated heterocycles. The molecule has 0 aliphatic carbocycles. The number of hydrogen-bond donors (Lipinski definition) is 0. The Morgan fingerprint density at radius 2 is 1.83 bits per heavy atom. The summed E-state index contributed by atoms with van der Waals surface area (Å²) in [5, 5.41) is 0. The van der Waals surface area contributed by atoms with Gasteiger partial charge in [0.05, 0.1) is 47.8 Å². The molecule has 18 heavy (non-hydrogen) atoms. The molecule has 1 aliphatic heterocycles. The van der Waals surface area contributed by atoms with Crippen molar-refractivity contribution in [2.75, 3.05) is 61.0 Å². The molecule has 1 rings (SSSR count). The molecule has 1 unspecified atom stereocenters. The van der Waals surface area contributed by atoms with Crippen LogP contribution in [0.25, 0.3) is 0 Å². The van der Waals surface area contributed by atoms with Crippen LogP contribution in [0.5, 0.6) is 0 Å². The number of esters is 1. The molecule has 0 aromatic carbocycles. The lowest BCUT2D eigenvalue weighted by molar-refractivity contribution is -0.899. The predicted molar refractivity (Wildman–Crippen MR) is 73.0 cm³/mol. The maximum absolute atomic E-state index is 11.9. The van der Waals surface area contributed by atoms with Crippen LogP contribution in [-0.2, 0) is 9.53 Å². The Morgan fingerprint density at radius 3 is 2.33 bits per heavy atom. The lowest BCUT2D eigenvalue weighted by Crippen LogP contribution is -2.46. The number of quaternary nitrogens is 2. The molecule has 1 heterocycles. The molecule has 0 aromatic heterocycles. The van der Waals surface area contributed by atoms with Crippen molar-refractivity contribution in [3.05, 3.63) is 0 Å². The topological polar surface area (TPSA) is 26.3 Å². The van der Waals surface area contributed by atoms with Gasteiger partial charge in [-0.3, -0.25) is 4.79 Å². The molecule has 0 bridgehead atoms. The zero-order valence-corrected chi connectivity index (χ0v) is 12.7. The van der Waals surface area contributed by atoms with Crippen molar-refractivity contribution in [1.82, 2.24) is 0 Å². The van der Waals surface area contributed by atoms with Crippen LogP contribution in [0.15, 0.2) is 0 Å². The van der Waals surface area contributed by atoms with Gasteiger partial charge >= 0.3 is 5.97 Å². The van der Waals surface area contributed by atoms with Gasteiger partial charge in [0, 0.05) is 12.8 Å². The van der Waals surface area contributed by atoms with E-state index in [0.717, 1.165) is 22.1 Å². The molecule has 106 valence electrons. The van der Waals surface area contributed by atoms with Gasteiger partial charge in [0.2, 0.25) is 0 Å². The van der Waals surface area contributed by atoms with Crippen LogP contribution in [-0.4, -0.2) is 75.9 Å². The number of likely N-dealkylation sites (tertiary alicyclic amines) is 1. The van der Waals surface area contributed by atoms with Crippen molar-refractivity contribution in [3.8, 4) is 0 Å². The van der Waals surface area contributed by atoms with Gasteiger partial charge in [0.25, 0.3) is 0 Å². The Bertz CT molecular complexity index is 278. The molecule has 1 atom stereocenters. The Hall–Kier alpha value is -0.610. The van der Waals surface area contributed by atoms with E-state index in [4.69, 9.17) is 4.74 Å². The second kappa shape index (κ2) is 6.02. The van der Waals surface area contributed by atoms with Gasteiger partial charge in [-0.2, -0.15) is 0 Å². The average Bonchev–Trinajstić information content (AvgIpc) is 2.62. The minimum Gasteiger partial charge on any atom is -0.459 e. The molecule has 1 fully saturated rings. The number of hydrogen-bond acceptors (Lipinski definition) is 2. The highest BCUT2D eigenvalue weighted by molar-refractivity contribution is 5.72. The zero-order valence-electron chi connectivity index (χ0n) is 12.7. The highest BCUT2D eigenvalue weighted by atomic mass is 16.5. The van der Waals surface area contributed by atoms with Crippen molar-refractivity contribution in [2.24, 2.45) is 5.92 Å². The Balaban J connectivity index is 2.28. The summed E-state index contributed by atoms with van der Waals surface area (Å²) in [7, 11) is 8.57. The van der Waals surface area contributed by atoms with Crippen molar-refractivity contribution in [1.29, 1.82) is 0 Å². The molecule has 1 aliphatic rings. The first-order valence-electron chi connectivity index (χ1n) is 7.02. The summed E-state index contributed by atoms with van der Waals surface area (Å²) >= 11 is 0. The largest absolute Gasteiger partial charge is 0.459 e.